The highest BCUT2D eigenvalue weighted by molar-refractivity contribution is 6.32. The summed E-state index contributed by atoms with van der Waals surface area (Å²) in [5.74, 6) is 0.295. The number of ether oxygens (including phenoxy) is 1. The fourth-order valence-corrected chi connectivity index (χ4v) is 2.22. The highest BCUT2D eigenvalue weighted by Crippen LogP contribution is 2.26. The van der Waals surface area contributed by atoms with Crippen LogP contribution in [0.5, 0.6) is 5.75 Å². The summed E-state index contributed by atoms with van der Waals surface area (Å²) in [5, 5.41) is 3.57. The lowest BCUT2D eigenvalue weighted by Crippen LogP contribution is -2.07. The van der Waals surface area contributed by atoms with Crippen LogP contribution in [0.4, 0.5) is 4.39 Å². The molecule has 2 rings (SSSR count). The van der Waals surface area contributed by atoms with Crippen molar-refractivity contribution in [2.45, 2.75) is 20.1 Å². The minimum atomic E-state index is -0.270. The summed E-state index contributed by atoms with van der Waals surface area (Å²) >= 11 is 6.09. The third kappa shape index (κ3) is 3.71. The van der Waals surface area contributed by atoms with Gasteiger partial charge in [-0.15, -0.1) is 0 Å². The number of aryl methyl sites for hydroxylation is 1. The Balaban J connectivity index is 2.11. The van der Waals surface area contributed by atoms with Gasteiger partial charge in [0.1, 0.15) is 18.2 Å². The molecule has 0 saturated carbocycles. The lowest BCUT2D eigenvalue weighted by Gasteiger charge is -2.10. The second-order valence-electron chi connectivity index (χ2n) is 4.68. The van der Waals surface area contributed by atoms with E-state index in [1.807, 2.05) is 26.1 Å². The number of benzene rings is 2. The second kappa shape index (κ2) is 6.73. The van der Waals surface area contributed by atoms with E-state index in [2.05, 4.69) is 5.32 Å². The number of nitrogens with one attached hydrogen (secondary N) is 1. The molecule has 0 unspecified atom stereocenters. The smallest absolute Gasteiger partial charge is 0.138 e. The summed E-state index contributed by atoms with van der Waals surface area (Å²) in [6, 6.07) is 10.6. The van der Waals surface area contributed by atoms with E-state index in [4.69, 9.17) is 16.3 Å². The normalized spacial score (nSPS) is 10.6. The van der Waals surface area contributed by atoms with E-state index >= 15 is 0 Å². The lowest BCUT2D eigenvalue weighted by atomic mass is 10.1. The van der Waals surface area contributed by atoms with Crippen LogP contribution in [0, 0.1) is 12.7 Å². The van der Waals surface area contributed by atoms with Crippen LogP contribution in [-0.4, -0.2) is 7.05 Å². The molecule has 0 fully saturated rings. The molecule has 0 aliphatic heterocycles. The van der Waals surface area contributed by atoms with E-state index in [9.17, 15) is 4.39 Å². The molecular weight excluding hydrogens is 277 g/mol. The predicted molar refractivity (Wildman–Crippen MR) is 79.7 cm³/mol. The van der Waals surface area contributed by atoms with E-state index in [-0.39, 0.29) is 12.4 Å². The van der Waals surface area contributed by atoms with Crippen LogP contribution in [0.3, 0.4) is 0 Å². The molecular formula is C16H17ClFNO. The highest BCUT2D eigenvalue weighted by Gasteiger charge is 2.07. The van der Waals surface area contributed by atoms with Crippen LogP contribution in [0.15, 0.2) is 36.4 Å². The molecule has 0 bridgehead atoms. The summed E-state index contributed by atoms with van der Waals surface area (Å²) in [6.45, 7) is 2.81. The van der Waals surface area contributed by atoms with Gasteiger partial charge in [-0.1, -0.05) is 23.7 Å². The SMILES string of the molecule is CNCc1ccc(F)c(COc2ccc(C)cc2Cl)c1. The van der Waals surface area contributed by atoms with Crippen LogP contribution < -0.4 is 10.1 Å². The quantitative estimate of drug-likeness (QED) is 0.896. The maximum Gasteiger partial charge on any atom is 0.138 e. The summed E-state index contributed by atoms with van der Waals surface area (Å²) in [7, 11) is 1.85. The van der Waals surface area contributed by atoms with Gasteiger partial charge in [-0.05, 0) is 49.4 Å². The zero-order valence-electron chi connectivity index (χ0n) is 11.5. The first kappa shape index (κ1) is 14.8. The molecule has 4 heteroatoms. The molecule has 0 aliphatic carbocycles. The van der Waals surface area contributed by atoms with Crippen molar-refractivity contribution in [3.63, 3.8) is 0 Å². The molecule has 0 atom stereocenters. The van der Waals surface area contributed by atoms with Gasteiger partial charge in [0.15, 0.2) is 0 Å². The predicted octanol–water partition coefficient (Wildman–Crippen LogP) is 4.09. The molecule has 106 valence electrons. The first-order valence-corrected chi connectivity index (χ1v) is 6.79. The van der Waals surface area contributed by atoms with Gasteiger partial charge < -0.3 is 10.1 Å². The van der Waals surface area contributed by atoms with Gasteiger partial charge in [-0.3, -0.25) is 0 Å². The van der Waals surface area contributed by atoms with Crippen molar-refractivity contribution in [2.75, 3.05) is 7.05 Å². The molecule has 1 N–H and O–H groups in total. The average molecular weight is 294 g/mol. The van der Waals surface area contributed by atoms with E-state index in [0.717, 1.165) is 11.1 Å². The van der Waals surface area contributed by atoms with E-state index < -0.39 is 0 Å². The van der Waals surface area contributed by atoms with Crippen molar-refractivity contribution in [1.29, 1.82) is 0 Å². The van der Waals surface area contributed by atoms with Gasteiger partial charge in [-0.25, -0.2) is 4.39 Å². The Morgan fingerprint density at radius 2 is 2.00 bits per heavy atom. The zero-order valence-corrected chi connectivity index (χ0v) is 12.3. The molecule has 0 amide bonds. The topological polar surface area (TPSA) is 21.3 Å². The Kier molecular flexibility index (Phi) is 4.99. The van der Waals surface area contributed by atoms with Gasteiger partial charge in [0.25, 0.3) is 0 Å². The van der Waals surface area contributed by atoms with Crippen LogP contribution in [0.1, 0.15) is 16.7 Å². The fraction of sp³-hybridized carbons (Fsp3) is 0.250. The lowest BCUT2D eigenvalue weighted by molar-refractivity contribution is 0.300. The van der Waals surface area contributed by atoms with Crippen molar-refractivity contribution in [2.24, 2.45) is 0 Å². The zero-order chi connectivity index (χ0) is 14.5. The molecule has 2 nitrogen and oxygen atoms in total. The molecule has 0 spiro atoms. The molecule has 0 aliphatic rings. The molecule has 0 radical (unpaired) electrons. The Morgan fingerprint density at radius 3 is 2.70 bits per heavy atom. The third-order valence-corrected chi connectivity index (χ3v) is 3.26. The van der Waals surface area contributed by atoms with Crippen LogP contribution in [0.2, 0.25) is 5.02 Å². The molecule has 0 saturated heterocycles. The van der Waals surface area contributed by atoms with Crippen molar-refractivity contribution in [1.82, 2.24) is 5.32 Å². The number of hydrogen-bond donors (Lipinski definition) is 1. The Morgan fingerprint density at radius 1 is 1.20 bits per heavy atom. The van der Waals surface area contributed by atoms with E-state index in [1.165, 1.54) is 6.07 Å². The summed E-state index contributed by atoms with van der Waals surface area (Å²) in [4.78, 5) is 0. The van der Waals surface area contributed by atoms with Crippen LogP contribution >= 0.6 is 11.6 Å². The first-order valence-electron chi connectivity index (χ1n) is 6.41. The van der Waals surface area contributed by atoms with Crippen molar-refractivity contribution < 1.29 is 9.13 Å². The van der Waals surface area contributed by atoms with Crippen LogP contribution in [0.25, 0.3) is 0 Å². The highest BCUT2D eigenvalue weighted by atomic mass is 35.5. The fourth-order valence-electron chi connectivity index (χ4n) is 1.93. The Hall–Kier alpha value is -1.58. The van der Waals surface area contributed by atoms with Gasteiger partial charge in [-0.2, -0.15) is 0 Å². The van der Waals surface area contributed by atoms with Crippen molar-refractivity contribution >= 4 is 11.6 Å². The van der Waals surface area contributed by atoms with E-state index in [0.29, 0.717) is 22.9 Å². The Labute approximate surface area is 123 Å². The van der Waals surface area contributed by atoms with Gasteiger partial charge >= 0.3 is 0 Å². The Bertz CT molecular complexity index is 601. The van der Waals surface area contributed by atoms with Crippen molar-refractivity contribution in [3.8, 4) is 5.75 Å². The summed E-state index contributed by atoms with van der Waals surface area (Å²) in [6.07, 6.45) is 0. The minimum Gasteiger partial charge on any atom is -0.487 e. The molecule has 2 aromatic carbocycles. The average Bonchev–Trinajstić information content (AvgIpc) is 2.41. The first-order chi connectivity index (χ1) is 9.60. The number of hydrogen-bond acceptors (Lipinski definition) is 2. The minimum absolute atomic E-state index is 0.159. The molecule has 0 heterocycles. The van der Waals surface area contributed by atoms with Crippen molar-refractivity contribution in [3.05, 3.63) is 63.9 Å². The molecule has 2 aromatic rings. The maximum atomic E-state index is 13.7. The summed E-state index contributed by atoms with van der Waals surface area (Å²) in [5.41, 5.74) is 2.60. The maximum absolute atomic E-state index is 13.7. The third-order valence-electron chi connectivity index (χ3n) is 2.96. The monoisotopic (exact) mass is 293 g/mol. The number of rotatable bonds is 5. The van der Waals surface area contributed by atoms with E-state index in [1.54, 1.807) is 18.2 Å². The molecule has 20 heavy (non-hydrogen) atoms. The molecule has 0 aromatic heterocycles. The van der Waals surface area contributed by atoms with Gasteiger partial charge in [0.2, 0.25) is 0 Å². The summed E-state index contributed by atoms with van der Waals surface area (Å²) < 4.78 is 19.3. The van der Waals surface area contributed by atoms with Crippen LogP contribution in [-0.2, 0) is 13.2 Å². The van der Waals surface area contributed by atoms with Gasteiger partial charge in [0.05, 0.1) is 5.02 Å². The number of halogens is 2. The van der Waals surface area contributed by atoms with Gasteiger partial charge in [0, 0.05) is 12.1 Å². The largest absolute Gasteiger partial charge is 0.487 e. The second-order valence-corrected chi connectivity index (χ2v) is 5.09. The standard InChI is InChI=1S/C16H17ClFNO/c1-11-3-6-16(14(17)7-11)20-10-13-8-12(9-19-2)4-5-15(13)18/h3-8,19H,9-10H2,1-2H3.